The van der Waals surface area contributed by atoms with Crippen LogP contribution in [0.3, 0.4) is 0 Å². The minimum absolute atomic E-state index is 0.160. The Morgan fingerprint density at radius 1 is 1.36 bits per heavy atom. The molecule has 0 heterocycles. The first-order chi connectivity index (χ1) is 6.65. The molecule has 1 aromatic rings. The molecule has 0 saturated heterocycles. The number of aldehydes is 1. The summed E-state index contributed by atoms with van der Waals surface area (Å²) in [6.07, 6.45) is 2.09. The molecule has 14 heavy (non-hydrogen) atoms. The standard InChI is InChI=1S/C11H12ClNO/c1-8-4-3-5-9(2)11(8)13-6-10(12)7-14/h3-7,13H,1-2H3/b10-6-. The molecule has 0 amide bonds. The lowest BCUT2D eigenvalue weighted by Gasteiger charge is -2.08. The Morgan fingerprint density at radius 3 is 2.43 bits per heavy atom. The number of hydrogen-bond donors (Lipinski definition) is 1. The van der Waals surface area contributed by atoms with Gasteiger partial charge in [0.05, 0.1) is 5.03 Å². The summed E-state index contributed by atoms with van der Waals surface area (Å²) < 4.78 is 0. The third-order valence-electron chi connectivity index (χ3n) is 1.95. The number of aryl methyl sites for hydroxylation is 2. The van der Waals surface area contributed by atoms with Crippen LogP contribution in [-0.2, 0) is 4.79 Å². The van der Waals surface area contributed by atoms with Crippen molar-refractivity contribution in [2.45, 2.75) is 13.8 Å². The van der Waals surface area contributed by atoms with Gasteiger partial charge in [-0.25, -0.2) is 0 Å². The van der Waals surface area contributed by atoms with Crippen LogP contribution < -0.4 is 5.32 Å². The van der Waals surface area contributed by atoms with E-state index < -0.39 is 0 Å². The van der Waals surface area contributed by atoms with E-state index in [1.807, 2.05) is 32.0 Å². The van der Waals surface area contributed by atoms with Crippen molar-refractivity contribution in [2.75, 3.05) is 5.32 Å². The van der Waals surface area contributed by atoms with Crippen LogP contribution in [0.2, 0.25) is 0 Å². The number of benzene rings is 1. The molecule has 0 saturated carbocycles. The lowest BCUT2D eigenvalue weighted by Crippen LogP contribution is -1.95. The van der Waals surface area contributed by atoms with Crippen LogP contribution in [-0.4, -0.2) is 6.29 Å². The minimum atomic E-state index is 0.160. The molecule has 0 bridgehead atoms. The fourth-order valence-corrected chi connectivity index (χ4v) is 1.27. The summed E-state index contributed by atoms with van der Waals surface area (Å²) in [7, 11) is 0. The van der Waals surface area contributed by atoms with Crippen molar-refractivity contribution in [3.63, 3.8) is 0 Å². The monoisotopic (exact) mass is 209 g/mol. The third-order valence-corrected chi connectivity index (χ3v) is 2.15. The van der Waals surface area contributed by atoms with Crippen LogP contribution in [0, 0.1) is 13.8 Å². The zero-order valence-corrected chi connectivity index (χ0v) is 8.93. The van der Waals surface area contributed by atoms with Gasteiger partial charge in [-0.15, -0.1) is 0 Å². The van der Waals surface area contributed by atoms with Crippen molar-refractivity contribution in [1.29, 1.82) is 0 Å². The number of carbonyl (C=O) groups excluding carboxylic acids is 1. The second-order valence-electron chi connectivity index (χ2n) is 3.06. The highest BCUT2D eigenvalue weighted by atomic mass is 35.5. The predicted molar refractivity (Wildman–Crippen MR) is 59.5 cm³/mol. The number of hydrogen-bond acceptors (Lipinski definition) is 2. The van der Waals surface area contributed by atoms with Crippen molar-refractivity contribution in [2.24, 2.45) is 0 Å². The second kappa shape index (κ2) is 4.82. The molecule has 0 aliphatic carbocycles. The lowest BCUT2D eigenvalue weighted by molar-refractivity contribution is -0.104. The smallest absolute Gasteiger partial charge is 0.162 e. The fraction of sp³-hybridized carbons (Fsp3) is 0.182. The molecule has 1 rings (SSSR count). The second-order valence-corrected chi connectivity index (χ2v) is 3.49. The van der Waals surface area contributed by atoms with Gasteiger partial charge < -0.3 is 5.32 Å². The van der Waals surface area contributed by atoms with E-state index in [-0.39, 0.29) is 5.03 Å². The number of nitrogens with one attached hydrogen (secondary N) is 1. The van der Waals surface area contributed by atoms with Crippen molar-refractivity contribution in [1.82, 2.24) is 0 Å². The molecule has 0 radical (unpaired) electrons. The van der Waals surface area contributed by atoms with Crippen LogP contribution in [0.5, 0.6) is 0 Å². The highest BCUT2D eigenvalue weighted by Crippen LogP contribution is 2.19. The highest BCUT2D eigenvalue weighted by Gasteiger charge is 1.99. The van der Waals surface area contributed by atoms with Crippen LogP contribution in [0.25, 0.3) is 0 Å². The Morgan fingerprint density at radius 2 is 1.93 bits per heavy atom. The zero-order chi connectivity index (χ0) is 10.6. The number of para-hydroxylation sites is 1. The maximum Gasteiger partial charge on any atom is 0.162 e. The Labute approximate surface area is 88.6 Å². The lowest BCUT2D eigenvalue weighted by atomic mass is 10.1. The molecule has 0 aliphatic heterocycles. The number of carbonyl (C=O) groups is 1. The molecule has 0 spiro atoms. The Balaban J connectivity index is 2.91. The molecule has 1 aromatic carbocycles. The first-order valence-corrected chi connectivity index (χ1v) is 4.66. The van der Waals surface area contributed by atoms with Gasteiger partial charge in [-0.05, 0) is 25.0 Å². The van der Waals surface area contributed by atoms with Crippen LogP contribution in [0.4, 0.5) is 5.69 Å². The fourth-order valence-electron chi connectivity index (χ4n) is 1.22. The maximum absolute atomic E-state index is 10.3. The molecular formula is C11H12ClNO. The molecule has 0 atom stereocenters. The highest BCUT2D eigenvalue weighted by molar-refractivity contribution is 6.38. The first kappa shape index (κ1) is 10.8. The van der Waals surface area contributed by atoms with Gasteiger partial charge in [0.2, 0.25) is 0 Å². The molecule has 0 aromatic heterocycles. The summed E-state index contributed by atoms with van der Waals surface area (Å²) in [4.78, 5) is 10.3. The summed E-state index contributed by atoms with van der Waals surface area (Å²) in [6, 6.07) is 5.98. The van der Waals surface area contributed by atoms with Crippen molar-refractivity contribution >= 4 is 23.6 Å². The van der Waals surface area contributed by atoms with Gasteiger partial charge in [0.15, 0.2) is 6.29 Å². The average molecular weight is 210 g/mol. The van der Waals surface area contributed by atoms with E-state index in [0.717, 1.165) is 16.8 Å². The van der Waals surface area contributed by atoms with E-state index in [2.05, 4.69) is 5.32 Å². The van der Waals surface area contributed by atoms with Gasteiger partial charge in [-0.1, -0.05) is 29.8 Å². The maximum atomic E-state index is 10.3. The Bertz CT molecular complexity index is 351. The molecule has 2 nitrogen and oxygen atoms in total. The van der Waals surface area contributed by atoms with E-state index in [0.29, 0.717) is 6.29 Å². The van der Waals surface area contributed by atoms with E-state index in [1.54, 1.807) is 0 Å². The van der Waals surface area contributed by atoms with Crippen molar-refractivity contribution < 1.29 is 4.79 Å². The van der Waals surface area contributed by atoms with Gasteiger partial charge in [-0.3, -0.25) is 4.79 Å². The summed E-state index contributed by atoms with van der Waals surface area (Å²) in [6.45, 7) is 4.00. The number of anilines is 1. The van der Waals surface area contributed by atoms with E-state index in [4.69, 9.17) is 11.6 Å². The van der Waals surface area contributed by atoms with Gasteiger partial charge in [0.25, 0.3) is 0 Å². The topological polar surface area (TPSA) is 29.1 Å². The van der Waals surface area contributed by atoms with Gasteiger partial charge >= 0.3 is 0 Å². The Hall–Kier alpha value is -1.28. The van der Waals surface area contributed by atoms with Crippen molar-refractivity contribution in [3.05, 3.63) is 40.6 Å². The number of halogens is 1. The zero-order valence-electron chi connectivity index (χ0n) is 8.17. The molecule has 0 aliphatic rings. The van der Waals surface area contributed by atoms with Crippen LogP contribution >= 0.6 is 11.6 Å². The minimum Gasteiger partial charge on any atom is -0.360 e. The average Bonchev–Trinajstić information content (AvgIpc) is 2.16. The first-order valence-electron chi connectivity index (χ1n) is 4.28. The summed E-state index contributed by atoms with van der Waals surface area (Å²) in [5.74, 6) is 0. The van der Waals surface area contributed by atoms with Gasteiger partial charge in [0, 0.05) is 11.9 Å². The van der Waals surface area contributed by atoms with E-state index in [9.17, 15) is 4.79 Å². The van der Waals surface area contributed by atoms with Crippen LogP contribution in [0.15, 0.2) is 29.4 Å². The number of allylic oxidation sites excluding steroid dienone is 1. The van der Waals surface area contributed by atoms with Gasteiger partial charge in [-0.2, -0.15) is 0 Å². The molecular weight excluding hydrogens is 198 g/mol. The Kier molecular flexibility index (Phi) is 3.72. The summed E-state index contributed by atoms with van der Waals surface area (Å²) >= 11 is 5.55. The number of rotatable bonds is 3. The third kappa shape index (κ3) is 2.60. The molecule has 3 heteroatoms. The quantitative estimate of drug-likeness (QED) is 0.613. The van der Waals surface area contributed by atoms with Crippen molar-refractivity contribution in [3.8, 4) is 0 Å². The SMILES string of the molecule is Cc1cccc(C)c1N/C=C(\Cl)C=O. The normalized spacial score (nSPS) is 11.2. The molecule has 74 valence electrons. The van der Waals surface area contributed by atoms with E-state index >= 15 is 0 Å². The summed E-state index contributed by atoms with van der Waals surface area (Å²) in [5.41, 5.74) is 3.24. The van der Waals surface area contributed by atoms with Gasteiger partial charge in [0.1, 0.15) is 0 Å². The molecule has 1 N–H and O–H groups in total. The van der Waals surface area contributed by atoms with Crippen LogP contribution in [0.1, 0.15) is 11.1 Å². The summed E-state index contributed by atoms with van der Waals surface area (Å²) in [5, 5.41) is 3.17. The largest absolute Gasteiger partial charge is 0.360 e. The molecule has 0 unspecified atom stereocenters. The van der Waals surface area contributed by atoms with E-state index in [1.165, 1.54) is 6.20 Å². The predicted octanol–water partition coefficient (Wildman–Crippen LogP) is 2.99. The molecule has 0 fully saturated rings.